The van der Waals surface area contributed by atoms with Gasteiger partial charge < -0.3 is 14.5 Å². The van der Waals surface area contributed by atoms with Crippen LogP contribution in [0.4, 0.5) is 23.4 Å². The molecule has 0 atom stereocenters. The number of alkyl halides is 2. The minimum Gasteiger partial charge on any atom is -0.479 e. The van der Waals surface area contributed by atoms with E-state index in [4.69, 9.17) is 11.6 Å². The maximum absolute atomic E-state index is 13.9. The van der Waals surface area contributed by atoms with E-state index >= 15 is 0 Å². The van der Waals surface area contributed by atoms with Crippen LogP contribution in [0.1, 0.15) is 0 Å². The number of aromatic nitrogens is 2. The third-order valence-corrected chi connectivity index (χ3v) is 5.22. The van der Waals surface area contributed by atoms with E-state index in [-0.39, 0.29) is 15.9 Å². The van der Waals surface area contributed by atoms with Gasteiger partial charge in [0.25, 0.3) is 15.9 Å². The molecule has 0 fully saturated rings. The van der Waals surface area contributed by atoms with Crippen molar-refractivity contribution in [2.45, 2.75) is 11.5 Å². The molecule has 2 heterocycles. The first-order valence-corrected chi connectivity index (χ1v) is 9.17. The second-order valence-electron chi connectivity index (χ2n) is 5.25. The van der Waals surface area contributed by atoms with Gasteiger partial charge in [0.05, 0.1) is 17.6 Å². The van der Waals surface area contributed by atoms with E-state index in [1.165, 1.54) is 6.07 Å². The van der Waals surface area contributed by atoms with E-state index < -0.39 is 50.6 Å². The van der Waals surface area contributed by atoms with Crippen LogP contribution >= 0.6 is 11.6 Å². The van der Waals surface area contributed by atoms with Crippen LogP contribution in [0, 0.1) is 11.6 Å². The molecule has 0 aliphatic carbocycles. The first kappa shape index (κ1) is 20.0. The number of halogens is 5. The number of H-pyrrole nitrogens is 1. The molecule has 7 nitrogen and oxygen atoms in total. The minimum atomic E-state index is -4.46. The molecule has 0 aliphatic rings. The van der Waals surface area contributed by atoms with Crippen molar-refractivity contribution in [2.24, 2.45) is 0 Å². The van der Waals surface area contributed by atoms with Gasteiger partial charge in [0.2, 0.25) is 0 Å². The number of sulfonamides is 1. The van der Waals surface area contributed by atoms with Gasteiger partial charge in [-0.3, -0.25) is 4.72 Å². The summed E-state index contributed by atoms with van der Waals surface area (Å²) in [5, 5.41) is -0.232. The van der Waals surface area contributed by atoms with Crippen LogP contribution in [0.25, 0.3) is 10.9 Å². The molecule has 0 radical (unpaired) electrons. The summed E-state index contributed by atoms with van der Waals surface area (Å²) in [5.74, 6) is -4.31. The maximum atomic E-state index is 13.9. The first-order chi connectivity index (χ1) is 13.1. The van der Waals surface area contributed by atoms with Crippen LogP contribution in [-0.4, -0.2) is 32.1 Å². The van der Waals surface area contributed by atoms with Gasteiger partial charge in [-0.1, -0.05) is 11.6 Å². The summed E-state index contributed by atoms with van der Waals surface area (Å²) in [7, 11) is -3.40. The van der Waals surface area contributed by atoms with Gasteiger partial charge in [-0.15, -0.1) is 0 Å². The summed E-state index contributed by atoms with van der Waals surface area (Å²) in [6.07, 6.45) is 0.973. The Kier molecular flexibility index (Phi) is 5.26. The molecule has 0 amide bonds. The molecule has 0 bridgehead atoms. The number of pyridine rings is 1. The van der Waals surface area contributed by atoms with Crippen LogP contribution in [-0.2, 0) is 10.0 Å². The van der Waals surface area contributed by atoms with Crippen LogP contribution in [0.5, 0.6) is 11.6 Å². The largest absolute Gasteiger partial charge is 0.479 e. The first-order valence-electron chi connectivity index (χ1n) is 7.31. The van der Waals surface area contributed by atoms with Gasteiger partial charge in [0.1, 0.15) is 4.90 Å². The number of ether oxygens (including phenoxy) is 2. The Morgan fingerprint density at radius 1 is 1.25 bits per heavy atom. The lowest BCUT2D eigenvalue weighted by Crippen LogP contribution is -2.15. The SMILES string of the molecule is COc1nc(NS(=O)(=O)c2c[nH]c3c(OC(F)F)c(Cl)ccc23)c(F)cc1F. The average Bonchev–Trinajstić information content (AvgIpc) is 3.04. The number of hydrogen-bond donors (Lipinski definition) is 2. The summed E-state index contributed by atoms with van der Waals surface area (Å²) in [6, 6.07) is 2.80. The summed E-state index contributed by atoms with van der Waals surface area (Å²) >= 11 is 5.82. The second-order valence-corrected chi connectivity index (χ2v) is 7.30. The fourth-order valence-corrected chi connectivity index (χ4v) is 3.78. The average molecular weight is 440 g/mol. The van der Waals surface area contributed by atoms with E-state index in [2.05, 4.69) is 19.4 Å². The predicted octanol–water partition coefficient (Wildman–Crippen LogP) is 3.91. The molecular weight excluding hydrogens is 430 g/mol. The van der Waals surface area contributed by atoms with E-state index in [9.17, 15) is 26.0 Å². The van der Waals surface area contributed by atoms with E-state index in [1.807, 2.05) is 4.72 Å². The number of rotatable bonds is 6. The van der Waals surface area contributed by atoms with Crippen molar-refractivity contribution in [1.29, 1.82) is 0 Å². The number of methoxy groups -OCH3 is 1. The van der Waals surface area contributed by atoms with Crippen molar-refractivity contribution in [3.8, 4) is 11.6 Å². The smallest absolute Gasteiger partial charge is 0.387 e. The molecule has 2 N–H and O–H groups in total. The summed E-state index contributed by atoms with van der Waals surface area (Å²) < 4.78 is 88.5. The Bertz CT molecular complexity index is 1150. The minimum absolute atomic E-state index is 0.0537. The lowest BCUT2D eigenvalue weighted by atomic mass is 10.2. The molecule has 2 aromatic heterocycles. The Labute approximate surface area is 160 Å². The van der Waals surface area contributed by atoms with Crippen LogP contribution in [0.2, 0.25) is 5.02 Å². The van der Waals surface area contributed by atoms with Crippen LogP contribution in [0.15, 0.2) is 29.3 Å². The number of aromatic amines is 1. The molecule has 28 heavy (non-hydrogen) atoms. The van der Waals surface area contributed by atoms with Gasteiger partial charge >= 0.3 is 6.61 Å². The van der Waals surface area contributed by atoms with Crippen molar-refractivity contribution in [3.05, 3.63) is 41.1 Å². The van der Waals surface area contributed by atoms with E-state index in [1.54, 1.807) is 0 Å². The summed E-state index contributed by atoms with van der Waals surface area (Å²) in [5.41, 5.74) is -0.113. The zero-order valence-electron chi connectivity index (χ0n) is 13.8. The Morgan fingerprint density at radius 2 is 1.96 bits per heavy atom. The highest BCUT2D eigenvalue weighted by atomic mass is 35.5. The van der Waals surface area contributed by atoms with E-state index in [0.29, 0.717) is 6.07 Å². The zero-order valence-corrected chi connectivity index (χ0v) is 15.3. The fourth-order valence-electron chi connectivity index (χ4n) is 2.39. The molecule has 0 unspecified atom stereocenters. The molecule has 1 aromatic carbocycles. The Hall–Kier alpha value is -2.73. The fraction of sp³-hybridized carbons (Fsp3) is 0.133. The second kappa shape index (κ2) is 7.36. The topological polar surface area (TPSA) is 93.3 Å². The molecule has 150 valence electrons. The lowest BCUT2D eigenvalue weighted by molar-refractivity contribution is -0.0488. The number of anilines is 1. The number of benzene rings is 1. The predicted molar refractivity (Wildman–Crippen MR) is 91.5 cm³/mol. The van der Waals surface area contributed by atoms with Gasteiger partial charge in [-0.2, -0.15) is 13.8 Å². The van der Waals surface area contributed by atoms with Crippen molar-refractivity contribution in [1.82, 2.24) is 9.97 Å². The number of hydrogen-bond acceptors (Lipinski definition) is 5. The lowest BCUT2D eigenvalue weighted by Gasteiger charge is -2.10. The maximum Gasteiger partial charge on any atom is 0.387 e. The normalized spacial score (nSPS) is 11.8. The number of nitrogens with one attached hydrogen (secondary N) is 2. The monoisotopic (exact) mass is 439 g/mol. The van der Waals surface area contributed by atoms with Gasteiger partial charge in [-0.05, 0) is 12.1 Å². The molecule has 0 aliphatic heterocycles. The molecule has 3 rings (SSSR count). The highest BCUT2D eigenvalue weighted by Crippen LogP contribution is 2.37. The van der Waals surface area contributed by atoms with Gasteiger partial charge in [-0.25, -0.2) is 17.2 Å². The van der Waals surface area contributed by atoms with Crippen molar-refractivity contribution in [2.75, 3.05) is 11.8 Å². The summed E-state index contributed by atoms with van der Waals surface area (Å²) in [4.78, 5) is 5.47. The standard InChI is InChI=1S/C15H10ClF4N3O4S/c1-26-14-9(18)4-8(17)13(22-14)23-28(24,25)10-5-21-11-6(10)2-3-7(16)12(11)27-15(19)20/h2-5,15,21H,1H3,(H,22,23). The van der Waals surface area contributed by atoms with Crippen LogP contribution in [0.3, 0.4) is 0 Å². The quantitative estimate of drug-likeness (QED) is 0.568. The van der Waals surface area contributed by atoms with Crippen molar-refractivity contribution < 1.29 is 35.5 Å². The van der Waals surface area contributed by atoms with Crippen molar-refractivity contribution in [3.63, 3.8) is 0 Å². The Morgan fingerprint density at radius 3 is 2.61 bits per heavy atom. The highest BCUT2D eigenvalue weighted by Gasteiger charge is 2.25. The van der Waals surface area contributed by atoms with Crippen molar-refractivity contribution >= 4 is 38.3 Å². The third kappa shape index (κ3) is 3.64. The van der Waals surface area contributed by atoms with Crippen LogP contribution < -0.4 is 14.2 Å². The molecule has 0 saturated heterocycles. The molecule has 0 spiro atoms. The highest BCUT2D eigenvalue weighted by molar-refractivity contribution is 7.93. The zero-order chi connectivity index (χ0) is 20.6. The molecule has 13 heteroatoms. The molecular formula is C15H10ClF4N3O4S. The Balaban J connectivity index is 2.07. The number of nitrogens with zero attached hydrogens (tertiary/aromatic N) is 1. The summed E-state index contributed by atoms with van der Waals surface area (Å²) in [6.45, 7) is -3.20. The molecule has 0 saturated carbocycles. The van der Waals surface area contributed by atoms with Gasteiger partial charge in [0, 0.05) is 17.6 Å². The van der Waals surface area contributed by atoms with E-state index in [0.717, 1.165) is 19.4 Å². The number of fused-ring (bicyclic) bond motifs is 1. The molecule has 3 aromatic rings. The third-order valence-electron chi connectivity index (χ3n) is 3.54. The van der Waals surface area contributed by atoms with Gasteiger partial charge in [0.15, 0.2) is 23.2 Å².